The lowest BCUT2D eigenvalue weighted by molar-refractivity contribution is -0.144. The van der Waals surface area contributed by atoms with Crippen LogP contribution in [-0.2, 0) is 14.3 Å². The van der Waals surface area contributed by atoms with Gasteiger partial charge in [0, 0.05) is 0 Å². The van der Waals surface area contributed by atoms with Crippen LogP contribution in [0.1, 0.15) is 66.7 Å². The fourth-order valence-electron chi connectivity index (χ4n) is 3.55. The first-order valence-corrected chi connectivity index (χ1v) is 10.1. The summed E-state index contributed by atoms with van der Waals surface area (Å²) in [5.41, 5.74) is 0.213. The lowest BCUT2D eigenvalue weighted by Gasteiger charge is -2.21. The van der Waals surface area contributed by atoms with Crippen LogP contribution in [0.4, 0.5) is 0 Å². The summed E-state index contributed by atoms with van der Waals surface area (Å²) in [5.74, 6) is -0.890. The molecule has 1 saturated carbocycles. The minimum Gasteiger partial charge on any atom is -0.467 e. The Kier molecular flexibility index (Phi) is 5.94. The normalized spacial score (nSPS) is 16.3. The summed E-state index contributed by atoms with van der Waals surface area (Å²) >= 11 is 1.16. The molecule has 0 radical (unpaired) electrons. The van der Waals surface area contributed by atoms with E-state index in [2.05, 4.69) is 4.98 Å². The molecule has 1 unspecified atom stereocenters. The van der Waals surface area contributed by atoms with Gasteiger partial charge in [0.15, 0.2) is 0 Å². The Balaban J connectivity index is 1.97. The zero-order valence-electron chi connectivity index (χ0n) is 15.8. The molecule has 1 aliphatic carbocycles. The molecule has 146 valence electrons. The third-order valence-corrected chi connectivity index (χ3v) is 6.26. The number of hydrogen-bond donors (Lipinski definition) is 0. The van der Waals surface area contributed by atoms with Crippen molar-refractivity contribution in [1.82, 2.24) is 9.55 Å². The highest BCUT2D eigenvalue weighted by Gasteiger charge is 2.26. The van der Waals surface area contributed by atoms with Gasteiger partial charge in [-0.2, -0.15) is 0 Å². The standard InChI is InChI=1S/C19H24N2O5S/c1-4-13(18(23)25-3)21-10-20-16-14(17(21)22)11(2)15(27-16)19(24)26-12-8-6-5-7-9-12/h10,12-13H,4-9H2,1-3H3. The number of thiophene rings is 1. The molecule has 2 aromatic heterocycles. The summed E-state index contributed by atoms with van der Waals surface area (Å²) < 4.78 is 11.7. The largest absolute Gasteiger partial charge is 0.467 e. The number of ether oxygens (including phenoxy) is 2. The van der Waals surface area contributed by atoms with Crippen molar-refractivity contribution in [3.63, 3.8) is 0 Å². The van der Waals surface area contributed by atoms with Crippen molar-refractivity contribution in [2.75, 3.05) is 7.11 Å². The molecular formula is C19H24N2O5S. The summed E-state index contributed by atoms with van der Waals surface area (Å²) in [6, 6.07) is -0.739. The molecule has 27 heavy (non-hydrogen) atoms. The maximum absolute atomic E-state index is 13.0. The van der Waals surface area contributed by atoms with Crippen molar-refractivity contribution in [3.05, 3.63) is 27.1 Å². The Morgan fingerprint density at radius 3 is 2.67 bits per heavy atom. The monoisotopic (exact) mass is 392 g/mol. The van der Waals surface area contributed by atoms with E-state index in [1.54, 1.807) is 13.8 Å². The second-order valence-corrected chi connectivity index (χ2v) is 7.80. The van der Waals surface area contributed by atoms with Crippen LogP contribution in [0.25, 0.3) is 10.2 Å². The smallest absolute Gasteiger partial charge is 0.348 e. The second-order valence-electron chi connectivity index (χ2n) is 6.81. The van der Waals surface area contributed by atoms with Crippen LogP contribution >= 0.6 is 11.3 Å². The summed E-state index contributed by atoms with van der Waals surface area (Å²) in [7, 11) is 1.29. The molecule has 2 aromatic rings. The Bertz CT molecular complexity index is 911. The number of hydrogen-bond acceptors (Lipinski definition) is 7. The fourth-order valence-corrected chi connectivity index (χ4v) is 4.58. The highest BCUT2D eigenvalue weighted by molar-refractivity contribution is 7.20. The van der Waals surface area contributed by atoms with Crippen molar-refractivity contribution < 1.29 is 19.1 Å². The van der Waals surface area contributed by atoms with E-state index in [0.717, 1.165) is 37.0 Å². The molecule has 3 rings (SSSR count). The lowest BCUT2D eigenvalue weighted by Crippen LogP contribution is -2.30. The number of esters is 2. The van der Waals surface area contributed by atoms with E-state index in [1.165, 1.54) is 24.4 Å². The molecule has 0 aromatic carbocycles. The molecule has 0 spiro atoms. The van der Waals surface area contributed by atoms with Gasteiger partial charge in [-0.3, -0.25) is 9.36 Å². The Labute approximate surface area is 161 Å². The molecule has 0 N–H and O–H groups in total. The maximum Gasteiger partial charge on any atom is 0.348 e. The van der Waals surface area contributed by atoms with Crippen molar-refractivity contribution in [2.45, 2.75) is 64.5 Å². The maximum atomic E-state index is 13.0. The van der Waals surface area contributed by atoms with Gasteiger partial charge in [-0.25, -0.2) is 14.6 Å². The number of aromatic nitrogens is 2. The van der Waals surface area contributed by atoms with Gasteiger partial charge in [-0.05, 0) is 44.6 Å². The molecule has 8 heteroatoms. The quantitative estimate of drug-likeness (QED) is 0.725. The van der Waals surface area contributed by atoms with Crippen LogP contribution in [0.3, 0.4) is 0 Å². The zero-order valence-corrected chi connectivity index (χ0v) is 16.6. The molecule has 0 amide bonds. The number of aryl methyl sites for hydroxylation is 1. The SMILES string of the molecule is CCC(C(=O)OC)n1cnc2sc(C(=O)OC3CCCCC3)c(C)c2c1=O. The summed E-state index contributed by atoms with van der Waals surface area (Å²) in [5, 5.41) is 0.362. The minimum absolute atomic E-state index is 0.0516. The van der Waals surface area contributed by atoms with Crippen molar-refractivity contribution in [1.29, 1.82) is 0 Å². The van der Waals surface area contributed by atoms with Gasteiger partial charge in [-0.1, -0.05) is 13.3 Å². The van der Waals surface area contributed by atoms with E-state index >= 15 is 0 Å². The number of methoxy groups -OCH3 is 1. The minimum atomic E-state index is -0.739. The summed E-state index contributed by atoms with van der Waals surface area (Å²) in [4.78, 5) is 42.7. The number of nitrogens with zero attached hydrogens (tertiary/aromatic N) is 2. The number of rotatable bonds is 5. The van der Waals surface area contributed by atoms with Gasteiger partial charge in [0.1, 0.15) is 21.9 Å². The Morgan fingerprint density at radius 1 is 1.33 bits per heavy atom. The van der Waals surface area contributed by atoms with Crippen LogP contribution in [0.2, 0.25) is 0 Å². The van der Waals surface area contributed by atoms with Gasteiger partial charge in [0.25, 0.3) is 5.56 Å². The molecule has 1 atom stereocenters. The van der Waals surface area contributed by atoms with Crippen LogP contribution in [0.5, 0.6) is 0 Å². The van der Waals surface area contributed by atoms with E-state index < -0.39 is 18.0 Å². The first kappa shape index (κ1) is 19.5. The van der Waals surface area contributed by atoms with Crippen LogP contribution in [-0.4, -0.2) is 34.7 Å². The first-order chi connectivity index (χ1) is 13.0. The third kappa shape index (κ3) is 3.76. The average Bonchev–Trinajstić information content (AvgIpc) is 3.02. The van der Waals surface area contributed by atoms with Crippen molar-refractivity contribution >= 4 is 33.5 Å². The van der Waals surface area contributed by atoms with Gasteiger partial charge in [-0.15, -0.1) is 11.3 Å². The van der Waals surface area contributed by atoms with E-state index in [9.17, 15) is 14.4 Å². The molecule has 1 fully saturated rings. The first-order valence-electron chi connectivity index (χ1n) is 9.27. The van der Waals surface area contributed by atoms with Gasteiger partial charge in [0.2, 0.25) is 0 Å². The molecule has 0 bridgehead atoms. The topological polar surface area (TPSA) is 87.5 Å². The average molecular weight is 392 g/mol. The Hall–Kier alpha value is -2.22. The summed E-state index contributed by atoms with van der Waals surface area (Å²) in [6.45, 7) is 3.52. The lowest BCUT2D eigenvalue weighted by atomic mass is 9.98. The Morgan fingerprint density at radius 2 is 2.04 bits per heavy atom. The van der Waals surface area contributed by atoms with Crippen molar-refractivity contribution in [3.8, 4) is 0 Å². The molecule has 0 saturated heterocycles. The predicted molar refractivity (Wildman–Crippen MR) is 102 cm³/mol. The number of carbonyl (C=O) groups is 2. The molecule has 1 aliphatic rings. The fraction of sp³-hybridized carbons (Fsp3) is 0.579. The zero-order chi connectivity index (χ0) is 19.6. The second kappa shape index (κ2) is 8.21. The molecule has 7 nitrogen and oxygen atoms in total. The number of fused-ring (bicyclic) bond motifs is 1. The van der Waals surface area contributed by atoms with Crippen molar-refractivity contribution in [2.24, 2.45) is 0 Å². The van der Waals surface area contributed by atoms with E-state index in [0.29, 0.717) is 27.1 Å². The van der Waals surface area contributed by atoms with E-state index in [1.807, 2.05) is 0 Å². The van der Waals surface area contributed by atoms with Gasteiger partial charge in [0.05, 0.1) is 18.8 Å². The van der Waals surface area contributed by atoms with Crippen LogP contribution in [0.15, 0.2) is 11.1 Å². The molecule has 2 heterocycles. The van der Waals surface area contributed by atoms with Crippen LogP contribution < -0.4 is 5.56 Å². The van der Waals surface area contributed by atoms with E-state index in [4.69, 9.17) is 9.47 Å². The van der Waals surface area contributed by atoms with E-state index in [-0.39, 0.29) is 11.7 Å². The molecular weight excluding hydrogens is 368 g/mol. The van der Waals surface area contributed by atoms with Gasteiger partial charge < -0.3 is 9.47 Å². The highest BCUT2D eigenvalue weighted by atomic mass is 32.1. The highest BCUT2D eigenvalue weighted by Crippen LogP contribution is 2.30. The summed E-state index contributed by atoms with van der Waals surface area (Å²) in [6.07, 6.45) is 6.79. The molecule has 0 aliphatic heterocycles. The third-order valence-electron chi connectivity index (χ3n) is 5.08. The predicted octanol–water partition coefficient (Wildman–Crippen LogP) is 3.38. The van der Waals surface area contributed by atoms with Crippen LogP contribution in [0, 0.1) is 6.92 Å². The number of carbonyl (C=O) groups excluding carboxylic acids is 2. The van der Waals surface area contributed by atoms with Gasteiger partial charge >= 0.3 is 11.9 Å².